The topological polar surface area (TPSA) is 59.6 Å². The minimum absolute atomic E-state index is 0. The molecule has 1 fully saturated rings. The molecule has 1 amide bonds. The Hall–Kier alpha value is -0.720. The molecule has 2 rings (SSSR count). The third-order valence-electron chi connectivity index (χ3n) is 4.22. The molecule has 0 bridgehead atoms. The number of carbonyl (C=O) groups excluding carboxylic acids is 1. The summed E-state index contributed by atoms with van der Waals surface area (Å²) in [6, 6.07) is 5.12. The van der Waals surface area contributed by atoms with E-state index in [2.05, 4.69) is 10.6 Å². The summed E-state index contributed by atoms with van der Waals surface area (Å²) >= 11 is 11.9. The first-order valence-corrected chi connectivity index (χ1v) is 8.89. The van der Waals surface area contributed by atoms with Gasteiger partial charge in [0.25, 0.3) is 0 Å². The van der Waals surface area contributed by atoms with Crippen LogP contribution in [0.4, 0.5) is 0 Å². The van der Waals surface area contributed by atoms with Gasteiger partial charge < -0.3 is 20.1 Å². The Bertz CT molecular complexity index is 546. The minimum atomic E-state index is -0.416. The molecule has 0 aromatic heterocycles. The maximum Gasteiger partial charge on any atom is 0.228 e. The largest absolute Gasteiger partial charge is 0.492 e. The van der Waals surface area contributed by atoms with Crippen LogP contribution < -0.4 is 15.4 Å². The quantitative estimate of drug-likeness (QED) is 0.644. The van der Waals surface area contributed by atoms with Crippen molar-refractivity contribution in [3.63, 3.8) is 0 Å². The van der Waals surface area contributed by atoms with E-state index in [0.29, 0.717) is 42.0 Å². The van der Waals surface area contributed by atoms with E-state index >= 15 is 0 Å². The number of piperidine rings is 1. The van der Waals surface area contributed by atoms with Gasteiger partial charge >= 0.3 is 0 Å². The fraction of sp³-hybridized carbons (Fsp3) is 0.588. The van der Waals surface area contributed by atoms with E-state index < -0.39 is 5.41 Å². The SMILES string of the molecule is COCC1(C(=O)NCCCOc2ccc(Cl)cc2Cl)CCNCC1.Cl. The summed E-state index contributed by atoms with van der Waals surface area (Å²) in [5.41, 5.74) is -0.416. The third kappa shape index (κ3) is 6.50. The lowest BCUT2D eigenvalue weighted by Crippen LogP contribution is -2.50. The first-order valence-electron chi connectivity index (χ1n) is 8.13. The van der Waals surface area contributed by atoms with Crippen LogP contribution in [0.1, 0.15) is 19.3 Å². The highest BCUT2D eigenvalue weighted by atomic mass is 35.5. The minimum Gasteiger partial charge on any atom is -0.492 e. The summed E-state index contributed by atoms with van der Waals surface area (Å²) in [6.45, 7) is 3.17. The Morgan fingerprint density at radius 2 is 2.04 bits per heavy atom. The molecule has 0 spiro atoms. The summed E-state index contributed by atoms with van der Waals surface area (Å²) in [7, 11) is 1.64. The van der Waals surface area contributed by atoms with Crippen LogP contribution in [0.25, 0.3) is 0 Å². The molecule has 5 nitrogen and oxygen atoms in total. The first kappa shape index (κ1) is 22.3. The van der Waals surface area contributed by atoms with Crippen LogP contribution in [0, 0.1) is 5.41 Å². The zero-order valence-electron chi connectivity index (χ0n) is 14.3. The number of amides is 1. The van der Waals surface area contributed by atoms with E-state index in [1.165, 1.54) is 0 Å². The van der Waals surface area contributed by atoms with Crippen molar-refractivity contribution in [3.05, 3.63) is 28.2 Å². The third-order valence-corrected chi connectivity index (χ3v) is 4.75. The summed E-state index contributed by atoms with van der Waals surface area (Å²) < 4.78 is 10.9. The van der Waals surface area contributed by atoms with Gasteiger partial charge in [-0.1, -0.05) is 23.2 Å². The summed E-state index contributed by atoms with van der Waals surface area (Å²) in [4.78, 5) is 12.5. The lowest BCUT2D eigenvalue weighted by molar-refractivity contribution is -0.136. The number of hydrogen-bond acceptors (Lipinski definition) is 4. The zero-order chi connectivity index (χ0) is 17.4. The smallest absolute Gasteiger partial charge is 0.228 e. The molecule has 1 aromatic rings. The van der Waals surface area contributed by atoms with Crippen LogP contribution in [0.5, 0.6) is 5.75 Å². The Kier molecular flexibility index (Phi) is 9.90. The van der Waals surface area contributed by atoms with Crippen molar-refractivity contribution in [2.75, 3.05) is 40.0 Å². The van der Waals surface area contributed by atoms with E-state index in [0.717, 1.165) is 25.9 Å². The van der Waals surface area contributed by atoms with Gasteiger partial charge in [-0.05, 0) is 50.6 Å². The monoisotopic (exact) mass is 410 g/mol. The predicted octanol–water partition coefficient (Wildman–Crippen LogP) is 3.32. The molecule has 1 aromatic carbocycles. The molecule has 142 valence electrons. The standard InChI is InChI=1S/C17H24Cl2N2O3.ClH/c1-23-12-17(5-8-20-9-6-17)16(22)21-7-2-10-24-15-4-3-13(18)11-14(15)19;/h3-4,11,20H,2,5-10,12H2,1H3,(H,21,22);1H. The summed E-state index contributed by atoms with van der Waals surface area (Å²) in [5.74, 6) is 0.664. The van der Waals surface area contributed by atoms with Gasteiger partial charge in [-0.15, -0.1) is 12.4 Å². The van der Waals surface area contributed by atoms with Gasteiger partial charge in [0.2, 0.25) is 5.91 Å². The average molecular weight is 412 g/mol. The van der Waals surface area contributed by atoms with Crippen molar-refractivity contribution < 1.29 is 14.3 Å². The fourth-order valence-corrected chi connectivity index (χ4v) is 3.32. The van der Waals surface area contributed by atoms with Crippen LogP contribution >= 0.6 is 35.6 Å². The molecular formula is C17H25Cl3N2O3. The Balaban J connectivity index is 0.00000312. The summed E-state index contributed by atoms with van der Waals surface area (Å²) in [5, 5.41) is 7.35. The second-order valence-electron chi connectivity index (χ2n) is 6.00. The van der Waals surface area contributed by atoms with Crippen molar-refractivity contribution in [3.8, 4) is 5.75 Å². The van der Waals surface area contributed by atoms with Crippen molar-refractivity contribution in [1.29, 1.82) is 0 Å². The number of ether oxygens (including phenoxy) is 2. The van der Waals surface area contributed by atoms with Crippen molar-refractivity contribution in [2.45, 2.75) is 19.3 Å². The van der Waals surface area contributed by atoms with Crippen LogP contribution in [0.15, 0.2) is 18.2 Å². The van der Waals surface area contributed by atoms with Crippen molar-refractivity contribution >= 4 is 41.5 Å². The lowest BCUT2D eigenvalue weighted by Gasteiger charge is -2.35. The average Bonchev–Trinajstić information content (AvgIpc) is 2.57. The maximum absolute atomic E-state index is 12.5. The zero-order valence-corrected chi connectivity index (χ0v) is 16.6. The number of halogens is 3. The van der Waals surface area contributed by atoms with Gasteiger partial charge in [-0.3, -0.25) is 4.79 Å². The molecule has 0 radical (unpaired) electrons. The van der Waals surface area contributed by atoms with E-state index in [9.17, 15) is 4.79 Å². The number of nitrogens with one attached hydrogen (secondary N) is 2. The molecule has 2 N–H and O–H groups in total. The van der Waals surface area contributed by atoms with E-state index in [1.807, 2.05) is 0 Å². The van der Waals surface area contributed by atoms with E-state index in [-0.39, 0.29) is 18.3 Å². The maximum atomic E-state index is 12.5. The van der Waals surface area contributed by atoms with Gasteiger partial charge in [0, 0.05) is 18.7 Å². The highest BCUT2D eigenvalue weighted by Gasteiger charge is 2.39. The van der Waals surface area contributed by atoms with Crippen LogP contribution in [-0.2, 0) is 9.53 Å². The molecule has 1 aliphatic heterocycles. The van der Waals surface area contributed by atoms with Crippen molar-refractivity contribution in [2.24, 2.45) is 5.41 Å². The van der Waals surface area contributed by atoms with Gasteiger partial charge in [0.05, 0.1) is 23.7 Å². The van der Waals surface area contributed by atoms with Gasteiger partial charge in [0.15, 0.2) is 0 Å². The Morgan fingerprint density at radius 3 is 2.68 bits per heavy atom. The highest BCUT2D eigenvalue weighted by molar-refractivity contribution is 6.35. The molecule has 1 saturated heterocycles. The molecule has 8 heteroatoms. The number of benzene rings is 1. The molecular weight excluding hydrogens is 387 g/mol. The van der Waals surface area contributed by atoms with Crippen LogP contribution in [0.2, 0.25) is 10.0 Å². The lowest BCUT2D eigenvalue weighted by atomic mass is 9.78. The molecule has 0 aliphatic carbocycles. The second-order valence-corrected chi connectivity index (χ2v) is 6.84. The first-order chi connectivity index (χ1) is 11.6. The van der Waals surface area contributed by atoms with E-state index in [4.69, 9.17) is 32.7 Å². The normalized spacial score (nSPS) is 16.0. The molecule has 0 saturated carbocycles. The highest BCUT2D eigenvalue weighted by Crippen LogP contribution is 2.29. The predicted molar refractivity (Wildman–Crippen MR) is 103 cm³/mol. The number of rotatable bonds is 8. The molecule has 1 heterocycles. The molecule has 0 unspecified atom stereocenters. The Morgan fingerprint density at radius 1 is 1.32 bits per heavy atom. The number of hydrogen-bond donors (Lipinski definition) is 2. The molecule has 25 heavy (non-hydrogen) atoms. The summed E-state index contributed by atoms with van der Waals surface area (Å²) in [6.07, 6.45) is 2.29. The fourth-order valence-electron chi connectivity index (χ4n) is 2.85. The molecule has 0 atom stereocenters. The van der Waals surface area contributed by atoms with Crippen LogP contribution in [0.3, 0.4) is 0 Å². The molecule has 1 aliphatic rings. The number of carbonyl (C=O) groups is 1. The van der Waals surface area contributed by atoms with E-state index in [1.54, 1.807) is 25.3 Å². The van der Waals surface area contributed by atoms with Crippen molar-refractivity contribution in [1.82, 2.24) is 10.6 Å². The van der Waals surface area contributed by atoms with Gasteiger partial charge in [0.1, 0.15) is 5.75 Å². The number of methoxy groups -OCH3 is 1. The van der Waals surface area contributed by atoms with Crippen LogP contribution in [-0.4, -0.2) is 45.9 Å². The van der Waals surface area contributed by atoms with Gasteiger partial charge in [-0.25, -0.2) is 0 Å². The Labute approximate surface area is 165 Å². The second kappa shape index (κ2) is 11.1. The van der Waals surface area contributed by atoms with Gasteiger partial charge in [-0.2, -0.15) is 0 Å².